The van der Waals surface area contributed by atoms with Crippen LogP contribution in [0.4, 0.5) is 5.69 Å². The third-order valence-corrected chi connectivity index (χ3v) is 5.87. The Morgan fingerprint density at radius 2 is 1.71 bits per heavy atom. The molecule has 0 spiro atoms. The van der Waals surface area contributed by atoms with E-state index < -0.39 is 0 Å². The predicted molar refractivity (Wildman–Crippen MR) is 139 cm³/mol. The average molecular weight is 513 g/mol. The van der Waals surface area contributed by atoms with Crippen molar-refractivity contribution in [2.45, 2.75) is 0 Å². The number of nitrogens with zero attached hydrogens (tertiary/aromatic N) is 1. The van der Waals surface area contributed by atoms with Crippen LogP contribution in [0.5, 0.6) is 11.5 Å². The minimum absolute atomic E-state index is 0.173. The molecule has 0 aliphatic heterocycles. The summed E-state index contributed by atoms with van der Waals surface area (Å²) in [5, 5.41) is 14.8. The van der Waals surface area contributed by atoms with Gasteiger partial charge in [0.2, 0.25) is 0 Å². The fourth-order valence-corrected chi connectivity index (χ4v) is 3.92. The van der Waals surface area contributed by atoms with E-state index in [-0.39, 0.29) is 12.5 Å². The minimum Gasteiger partial charge on any atom is -0.493 e. The lowest BCUT2D eigenvalue weighted by Gasteiger charge is -2.13. The first kappa shape index (κ1) is 23.1. The number of anilines is 1. The number of carbonyl (C=O) groups excluding carboxylic acids is 1. The van der Waals surface area contributed by atoms with Crippen molar-refractivity contribution in [3.05, 3.63) is 101 Å². The molecule has 6 heteroatoms. The SMILES string of the molecule is COc1cc(/C=C(/C#N)c2ccc3ccccc3c2)c(Br)cc1OCC(=O)Nc1ccccc1. The quantitative estimate of drug-likeness (QED) is 0.221. The summed E-state index contributed by atoms with van der Waals surface area (Å²) in [5.74, 6) is 0.591. The summed E-state index contributed by atoms with van der Waals surface area (Å²) in [5.41, 5.74) is 2.79. The number of hydrogen-bond acceptors (Lipinski definition) is 4. The number of nitriles is 1. The van der Waals surface area contributed by atoms with E-state index in [0.717, 1.165) is 21.9 Å². The summed E-state index contributed by atoms with van der Waals surface area (Å²) in [6.07, 6.45) is 1.79. The maximum Gasteiger partial charge on any atom is 0.262 e. The topological polar surface area (TPSA) is 71.3 Å². The van der Waals surface area contributed by atoms with Gasteiger partial charge in [0.15, 0.2) is 18.1 Å². The molecule has 0 unspecified atom stereocenters. The summed E-state index contributed by atoms with van der Waals surface area (Å²) >= 11 is 3.55. The Balaban J connectivity index is 1.56. The van der Waals surface area contributed by atoms with Crippen molar-refractivity contribution in [1.82, 2.24) is 0 Å². The van der Waals surface area contributed by atoms with Crippen LogP contribution in [0, 0.1) is 11.3 Å². The summed E-state index contributed by atoms with van der Waals surface area (Å²) in [4.78, 5) is 12.2. The van der Waals surface area contributed by atoms with Gasteiger partial charge < -0.3 is 14.8 Å². The zero-order valence-corrected chi connectivity index (χ0v) is 20.0. The lowest BCUT2D eigenvalue weighted by Crippen LogP contribution is -2.20. The van der Waals surface area contributed by atoms with Gasteiger partial charge in [0.1, 0.15) is 0 Å². The molecule has 1 N–H and O–H groups in total. The van der Waals surface area contributed by atoms with Crippen LogP contribution in [0.25, 0.3) is 22.4 Å². The van der Waals surface area contributed by atoms with Crippen LogP contribution in [-0.2, 0) is 4.79 Å². The molecule has 0 heterocycles. The molecule has 168 valence electrons. The molecule has 0 atom stereocenters. The second-order valence-electron chi connectivity index (χ2n) is 7.46. The van der Waals surface area contributed by atoms with Crippen molar-refractivity contribution < 1.29 is 14.3 Å². The number of halogens is 1. The fourth-order valence-electron chi connectivity index (χ4n) is 3.49. The summed E-state index contributed by atoms with van der Waals surface area (Å²) < 4.78 is 11.9. The zero-order chi connectivity index (χ0) is 23.9. The van der Waals surface area contributed by atoms with Gasteiger partial charge in [-0.05, 0) is 58.3 Å². The van der Waals surface area contributed by atoms with Gasteiger partial charge in [0.05, 0.1) is 18.8 Å². The van der Waals surface area contributed by atoms with Crippen LogP contribution >= 0.6 is 15.9 Å². The number of fused-ring (bicyclic) bond motifs is 1. The van der Waals surface area contributed by atoms with E-state index in [4.69, 9.17) is 9.47 Å². The number of amides is 1. The Labute approximate surface area is 206 Å². The highest BCUT2D eigenvalue weighted by atomic mass is 79.9. The number of nitrogens with one attached hydrogen (secondary N) is 1. The van der Waals surface area contributed by atoms with E-state index in [1.165, 1.54) is 7.11 Å². The lowest BCUT2D eigenvalue weighted by atomic mass is 10.00. The minimum atomic E-state index is -0.281. The van der Waals surface area contributed by atoms with Gasteiger partial charge >= 0.3 is 0 Å². The first-order valence-electron chi connectivity index (χ1n) is 10.5. The third kappa shape index (κ3) is 5.45. The third-order valence-electron chi connectivity index (χ3n) is 5.18. The molecule has 1 amide bonds. The smallest absolute Gasteiger partial charge is 0.262 e. The molecule has 0 radical (unpaired) electrons. The number of ether oxygens (including phenoxy) is 2. The van der Waals surface area contributed by atoms with E-state index >= 15 is 0 Å². The molecular weight excluding hydrogens is 492 g/mol. The van der Waals surface area contributed by atoms with Gasteiger partial charge in [-0.3, -0.25) is 4.79 Å². The Kier molecular flexibility index (Phi) is 7.26. The summed E-state index contributed by atoms with van der Waals surface area (Å²) in [6.45, 7) is -0.173. The van der Waals surface area contributed by atoms with Gasteiger partial charge in [-0.15, -0.1) is 0 Å². The molecule has 0 aliphatic rings. The molecule has 4 aromatic rings. The second kappa shape index (κ2) is 10.7. The van der Waals surface area contributed by atoms with Gasteiger partial charge in [-0.25, -0.2) is 0 Å². The Morgan fingerprint density at radius 1 is 0.971 bits per heavy atom. The van der Waals surface area contributed by atoms with Crippen molar-refractivity contribution in [2.75, 3.05) is 19.0 Å². The van der Waals surface area contributed by atoms with Gasteiger partial charge in [0.25, 0.3) is 5.91 Å². The van der Waals surface area contributed by atoms with Gasteiger partial charge in [0, 0.05) is 10.2 Å². The van der Waals surface area contributed by atoms with Crippen LogP contribution < -0.4 is 14.8 Å². The molecule has 0 saturated heterocycles. The molecule has 4 rings (SSSR count). The number of carbonyl (C=O) groups is 1. The summed E-state index contributed by atoms with van der Waals surface area (Å²) in [7, 11) is 1.53. The Morgan fingerprint density at radius 3 is 2.44 bits per heavy atom. The highest BCUT2D eigenvalue weighted by Crippen LogP contribution is 2.35. The normalized spacial score (nSPS) is 11.0. The number of methoxy groups -OCH3 is 1. The Hall–Kier alpha value is -4.08. The van der Waals surface area contributed by atoms with Crippen molar-refractivity contribution in [2.24, 2.45) is 0 Å². The van der Waals surface area contributed by atoms with Crippen molar-refractivity contribution in [1.29, 1.82) is 5.26 Å². The van der Waals surface area contributed by atoms with Crippen LogP contribution in [0.1, 0.15) is 11.1 Å². The first-order chi connectivity index (χ1) is 16.6. The molecule has 0 aromatic heterocycles. The second-order valence-corrected chi connectivity index (χ2v) is 8.31. The zero-order valence-electron chi connectivity index (χ0n) is 18.4. The fraction of sp³-hybridized carbons (Fsp3) is 0.0714. The predicted octanol–water partition coefficient (Wildman–Crippen LogP) is 6.69. The van der Waals surface area contributed by atoms with Crippen LogP contribution in [0.2, 0.25) is 0 Å². The largest absolute Gasteiger partial charge is 0.493 e. The van der Waals surface area contributed by atoms with E-state index in [1.54, 1.807) is 30.3 Å². The molecule has 0 aliphatic carbocycles. The highest BCUT2D eigenvalue weighted by molar-refractivity contribution is 9.10. The molecule has 0 saturated carbocycles. The summed E-state index contributed by atoms with van der Waals surface area (Å²) in [6, 6.07) is 28.9. The number of hydrogen-bond donors (Lipinski definition) is 1. The number of rotatable bonds is 7. The molecular formula is C28H21BrN2O3. The highest BCUT2D eigenvalue weighted by Gasteiger charge is 2.13. The van der Waals surface area contributed by atoms with E-state index in [2.05, 4.69) is 27.3 Å². The maximum atomic E-state index is 12.2. The average Bonchev–Trinajstić information content (AvgIpc) is 2.87. The van der Waals surface area contributed by atoms with Gasteiger partial charge in [-0.2, -0.15) is 5.26 Å². The molecule has 0 fully saturated rings. The molecule has 4 aromatic carbocycles. The van der Waals surface area contributed by atoms with E-state index in [0.29, 0.717) is 27.2 Å². The number of allylic oxidation sites excluding steroid dienone is 1. The number of para-hydroxylation sites is 1. The maximum absolute atomic E-state index is 12.2. The van der Waals surface area contributed by atoms with E-state index in [1.807, 2.05) is 60.7 Å². The Bertz CT molecular complexity index is 1410. The van der Waals surface area contributed by atoms with E-state index in [9.17, 15) is 10.1 Å². The van der Waals surface area contributed by atoms with Gasteiger partial charge in [-0.1, -0.05) is 70.5 Å². The lowest BCUT2D eigenvalue weighted by molar-refractivity contribution is -0.118. The van der Waals surface area contributed by atoms with Crippen LogP contribution in [0.3, 0.4) is 0 Å². The molecule has 0 bridgehead atoms. The van der Waals surface area contributed by atoms with Crippen molar-refractivity contribution in [3.8, 4) is 17.6 Å². The van der Waals surface area contributed by atoms with Crippen LogP contribution in [0.15, 0.2) is 89.4 Å². The van der Waals surface area contributed by atoms with Crippen LogP contribution in [-0.4, -0.2) is 19.6 Å². The van der Waals surface area contributed by atoms with Crippen molar-refractivity contribution >= 4 is 49.9 Å². The monoisotopic (exact) mass is 512 g/mol. The number of benzene rings is 4. The first-order valence-corrected chi connectivity index (χ1v) is 11.3. The standard InChI is InChI=1S/C28H21BrN2O3/c1-33-26-15-22(14-23(17-30)21-12-11-19-7-5-6-8-20(19)13-21)25(29)16-27(26)34-18-28(32)31-24-9-3-2-4-10-24/h2-16H,18H2,1H3,(H,31,32)/b23-14-. The van der Waals surface area contributed by atoms with Crippen molar-refractivity contribution in [3.63, 3.8) is 0 Å². The molecule has 34 heavy (non-hydrogen) atoms. The molecule has 5 nitrogen and oxygen atoms in total.